The van der Waals surface area contributed by atoms with E-state index in [4.69, 9.17) is 9.47 Å². The predicted molar refractivity (Wildman–Crippen MR) is 100 cm³/mol. The van der Waals surface area contributed by atoms with Gasteiger partial charge in [-0.2, -0.15) is 0 Å². The lowest BCUT2D eigenvalue weighted by molar-refractivity contribution is 0.181. The van der Waals surface area contributed by atoms with Crippen molar-refractivity contribution in [3.05, 3.63) is 35.5 Å². The molecular formula is C21H31NO3. The highest BCUT2D eigenvalue weighted by Gasteiger charge is 2.45. The quantitative estimate of drug-likeness (QED) is 0.762. The molecule has 2 aliphatic rings. The highest BCUT2D eigenvalue weighted by Crippen LogP contribution is 2.50. The Morgan fingerprint density at radius 3 is 2.80 bits per heavy atom. The zero-order valence-corrected chi connectivity index (χ0v) is 15.8. The molecule has 0 amide bonds. The molecule has 0 unspecified atom stereocenters. The summed E-state index contributed by atoms with van der Waals surface area (Å²) >= 11 is 0. The van der Waals surface area contributed by atoms with E-state index in [9.17, 15) is 5.11 Å². The summed E-state index contributed by atoms with van der Waals surface area (Å²) < 4.78 is 11.8. The molecule has 4 nitrogen and oxygen atoms in total. The lowest BCUT2D eigenvalue weighted by atomic mass is 9.70. The van der Waals surface area contributed by atoms with Crippen LogP contribution in [0.15, 0.2) is 30.0 Å². The summed E-state index contributed by atoms with van der Waals surface area (Å²) in [5, 5.41) is 10.1. The molecule has 1 N–H and O–H groups in total. The van der Waals surface area contributed by atoms with Crippen molar-refractivity contribution >= 4 is 0 Å². The Labute approximate surface area is 151 Å². The minimum atomic E-state index is -0.327. The Morgan fingerprint density at radius 2 is 2.04 bits per heavy atom. The van der Waals surface area contributed by atoms with Gasteiger partial charge < -0.3 is 19.5 Å². The fourth-order valence-electron chi connectivity index (χ4n) is 4.13. The molecule has 1 aromatic carbocycles. The van der Waals surface area contributed by atoms with Gasteiger partial charge in [0.25, 0.3) is 0 Å². The van der Waals surface area contributed by atoms with Crippen molar-refractivity contribution in [1.29, 1.82) is 0 Å². The number of aliphatic hydroxyl groups is 1. The van der Waals surface area contributed by atoms with Crippen molar-refractivity contribution in [2.24, 2.45) is 0 Å². The molecule has 3 rings (SSSR count). The maximum atomic E-state index is 10.1. The van der Waals surface area contributed by atoms with Gasteiger partial charge in [0.05, 0.1) is 19.3 Å². The van der Waals surface area contributed by atoms with Gasteiger partial charge in [-0.1, -0.05) is 19.4 Å². The first-order valence-electron chi connectivity index (χ1n) is 9.62. The van der Waals surface area contributed by atoms with Gasteiger partial charge in [0.1, 0.15) is 0 Å². The maximum Gasteiger partial charge on any atom is 0.161 e. The molecule has 1 saturated heterocycles. The third kappa shape index (κ3) is 3.50. The Morgan fingerprint density at radius 1 is 1.20 bits per heavy atom. The highest BCUT2D eigenvalue weighted by molar-refractivity contribution is 5.49. The van der Waals surface area contributed by atoms with E-state index in [1.54, 1.807) is 0 Å². The topological polar surface area (TPSA) is 41.9 Å². The van der Waals surface area contributed by atoms with E-state index in [0.717, 1.165) is 50.1 Å². The third-order valence-corrected chi connectivity index (χ3v) is 5.54. The average molecular weight is 345 g/mol. The summed E-state index contributed by atoms with van der Waals surface area (Å²) in [4.78, 5) is 2.29. The zero-order valence-electron chi connectivity index (χ0n) is 15.8. The molecule has 0 saturated carbocycles. The van der Waals surface area contributed by atoms with Gasteiger partial charge in [-0.05, 0) is 56.4 Å². The fraction of sp³-hybridized carbons (Fsp3) is 0.619. The number of rotatable bonds is 7. The van der Waals surface area contributed by atoms with Gasteiger partial charge in [0.2, 0.25) is 0 Å². The van der Waals surface area contributed by atoms with Crippen molar-refractivity contribution in [2.45, 2.75) is 57.5 Å². The SMILES string of the molecule is CCCCOc1cc([C@@]23CC[C@H](O)C=C2N(C)CC3)ccc1OCC. The molecule has 2 atom stereocenters. The number of nitrogens with zero attached hydrogens (tertiary/aromatic N) is 1. The Bertz CT molecular complexity index is 628. The first-order chi connectivity index (χ1) is 12.1. The van der Waals surface area contributed by atoms with Gasteiger partial charge in [0.15, 0.2) is 11.5 Å². The van der Waals surface area contributed by atoms with Crippen LogP contribution in [0.3, 0.4) is 0 Å². The average Bonchev–Trinajstić information content (AvgIpc) is 2.94. The smallest absolute Gasteiger partial charge is 0.161 e. The van der Waals surface area contributed by atoms with Gasteiger partial charge in [0, 0.05) is 24.7 Å². The maximum absolute atomic E-state index is 10.1. The molecule has 0 radical (unpaired) electrons. The molecule has 25 heavy (non-hydrogen) atoms. The number of benzene rings is 1. The van der Waals surface area contributed by atoms with Crippen LogP contribution in [0.25, 0.3) is 0 Å². The van der Waals surface area contributed by atoms with Gasteiger partial charge >= 0.3 is 0 Å². The van der Waals surface area contributed by atoms with E-state index in [2.05, 4.69) is 37.1 Å². The van der Waals surface area contributed by atoms with E-state index in [1.165, 1.54) is 11.3 Å². The number of hydrogen-bond acceptors (Lipinski definition) is 4. The molecule has 1 aliphatic carbocycles. The number of hydrogen-bond donors (Lipinski definition) is 1. The lowest BCUT2D eigenvalue weighted by Gasteiger charge is -2.37. The number of fused-ring (bicyclic) bond motifs is 1. The largest absolute Gasteiger partial charge is 0.490 e. The summed E-state index contributed by atoms with van der Waals surface area (Å²) in [5.41, 5.74) is 2.54. The first-order valence-corrected chi connectivity index (χ1v) is 9.62. The van der Waals surface area contributed by atoms with Crippen molar-refractivity contribution in [3.8, 4) is 11.5 Å². The summed E-state index contributed by atoms with van der Waals surface area (Å²) in [6.07, 6.45) is 6.76. The molecular weight excluding hydrogens is 314 g/mol. The number of likely N-dealkylation sites (N-methyl/N-ethyl adjacent to an activating group) is 1. The zero-order chi connectivity index (χ0) is 17.9. The minimum Gasteiger partial charge on any atom is -0.490 e. The van der Waals surface area contributed by atoms with Crippen molar-refractivity contribution in [2.75, 3.05) is 26.8 Å². The van der Waals surface area contributed by atoms with Crippen LogP contribution in [-0.4, -0.2) is 42.9 Å². The lowest BCUT2D eigenvalue weighted by Crippen LogP contribution is -2.33. The number of ether oxygens (including phenoxy) is 2. The van der Waals surface area contributed by atoms with Crippen molar-refractivity contribution in [3.63, 3.8) is 0 Å². The van der Waals surface area contributed by atoms with Crippen LogP contribution in [-0.2, 0) is 5.41 Å². The Hall–Kier alpha value is -1.68. The molecule has 1 aromatic rings. The minimum absolute atomic E-state index is 0.00158. The number of unbranched alkanes of at least 4 members (excludes halogenated alkanes) is 1. The van der Waals surface area contributed by atoms with E-state index >= 15 is 0 Å². The molecule has 138 valence electrons. The molecule has 0 bridgehead atoms. The Balaban J connectivity index is 1.96. The van der Waals surface area contributed by atoms with E-state index in [0.29, 0.717) is 13.2 Å². The highest BCUT2D eigenvalue weighted by atomic mass is 16.5. The van der Waals surface area contributed by atoms with Crippen molar-refractivity contribution < 1.29 is 14.6 Å². The molecule has 1 fully saturated rings. The summed E-state index contributed by atoms with van der Waals surface area (Å²) in [6.45, 7) is 6.54. The van der Waals surface area contributed by atoms with Crippen LogP contribution in [0.1, 0.15) is 51.5 Å². The van der Waals surface area contributed by atoms with Gasteiger partial charge in [-0.25, -0.2) is 0 Å². The van der Waals surface area contributed by atoms with Crippen LogP contribution in [0, 0.1) is 0 Å². The molecule has 1 heterocycles. The van der Waals surface area contributed by atoms with Crippen LogP contribution in [0.5, 0.6) is 11.5 Å². The third-order valence-electron chi connectivity index (χ3n) is 5.54. The fourth-order valence-corrected chi connectivity index (χ4v) is 4.13. The molecule has 4 heteroatoms. The monoisotopic (exact) mass is 345 g/mol. The number of aliphatic hydroxyl groups excluding tert-OH is 1. The summed E-state index contributed by atoms with van der Waals surface area (Å²) in [5.74, 6) is 1.67. The van der Waals surface area contributed by atoms with Crippen LogP contribution in [0.2, 0.25) is 0 Å². The van der Waals surface area contributed by atoms with Crippen LogP contribution < -0.4 is 9.47 Å². The van der Waals surface area contributed by atoms with Gasteiger partial charge in [-0.15, -0.1) is 0 Å². The second kappa shape index (κ2) is 7.69. The van der Waals surface area contributed by atoms with Crippen LogP contribution >= 0.6 is 0 Å². The second-order valence-electron chi connectivity index (χ2n) is 7.21. The number of allylic oxidation sites excluding steroid dienone is 1. The Kier molecular flexibility index (Phi) is 5.57. The molecule has 0 spiro atoms. The predicted octanol–water partition coefficient (Wildman–Crippen LogP) is 3.88. The summed E-state index contributed by atoms with van der Waals surface area (Å²) in [7, 11) is 2.12. The first kappa shape index (κ1) is 18.1. The van der Waals surface area contributed by atoms with Crippen molar-refractivity contribution in [1.82, 2.24) is 4.90 Å². The molecule has 0 aromatic heterocycles. The number of likely N-dealkylation sites (tertiary alicyclic amines) is 1. The molecule has 1 aliphatic heterocycles. The normalized spacial score (nSPS) is 25.5. The van der Waals surface area contributed by atoms with E-state index < -0.39 is 0 Å². The van der Waals surface area contributed by atoms with E-state index in [-0.39, 0.29) is 11.5 Å². The standard InChI is InChI=1S/C21H31NO3/c1-4-6-13-25-19-14-16(7-8-18(19)24-5-2)21-10-9-17(23)15-20(21)22(3)12-11-21/h7-8,14-15,17,23H,4-6,9-13H2,1-3H3/t17-,21-/m0/s1. The van der Waals surface area contributed by atoms with Crippen LogP contribution in [0.4, 0.5) is 0 Å². The van der Waals surface area contributed by atoms with E-state index in [1.807, 2.05) is 13.0 Å². The summed E-state index contributed by atoms with van der Waals surface area (Å²) in [6, 6.07) is 6.41. The second-order valence-corrected chi connectivity index (χ2v) is 7.21. The van der Waals surface area contributed by atoms with Gasteiger partial charge in [-0.3, -0.25) is 0 Å².